The van der Waals surface area contributed by atoms with Gasteiger partial charge in [0.05, 0.1) is 29.7 Å². The Bertz CT molecular complexity index is 1060. The first-order valence-corrected chi connectivity index (χ1v) is 8.11. The van der Waals surface area contributed by atoms with Crippen LogP contribution in [0.15, 0.2) is 57.8 Å². The Kier molecular flexibility index (Phi) is 3.89. The van der Waals surface area contributed by atoms with Crippen molar-refractivity contribution in [3.8, 4) is 0 Å². The predicted octanol–water partition coefficient (Wildman–Crippen LogP) is 2.86. The molecule has 26 heavy (non-hydrogen) atoms. The molecule has 7 nitrogen and oxygen atoms in total. The van der Waals surface area contributed by atoms with Crippen molar-refractivity contribution in [2.24, 2.45) is 5.10 Å². The molecule has 0 saturated heterocycles. The number of nitrogens with one attached hydrogen (secondary N) is 2. The quantitative estimate of drug-likeness (QED) is 0.559. The number of amides is 1. The molecule has 0 spiro atoms. The maximum Gasteiger partial charge on any atom is 0.340 e. The summed E-state index contributed by atoms with van der Waals surface area (Å²) in [5.74, 6) is -0.361. The number of fused-ring (bicyclic) bond motifs is 1. The number of ether oxygens (including phenoxy) is 1. The summed E-state index contributed by atoms with van der Waals surface area (Å²) in [6.45, 7) is 2.00. The van der Waals surface area contributed by atoms with Crippen LogP contribution in [0.1, 0.15) is 28.7 Å². The van der Waals surface area contributed by atoms with E-state index in [0.29, 0.717) is 28.3 Å². The zero-order valence-electron chi connectivity index (χ0n) is 13.9. The van der Waals surface area contributed by atoms with E-state index in [-0.39, 0.29) is 12.5 Å². The van der Waals surface area contributed by atoms with Gasteiger partial charge in [0.15, 0.2) is 5.76 Å². The van der Waals surface area contributed by atoms with Gasteiger partial charge in [-0.1, -0.05) is 18.2 Å². The summed E-state index contributed by atoms with van der Waals surface area (Å²) >= 11 is 0. The van der Waals surface area contributed by atoms with Crippen LogP contribution in [-0.4, -0.2) is 29.2 Å². The summed E-state index contributed by atoms with van der Waals surface area (Å²) in [6.07, 6.45) is 3.10. The van der Waals surface area contributed by atoms with Crippen LogP contribution in [0.2, 0.25) is 0 Å². The summed E-state index contributed by atoms with van der Waals surface area (Å²) in [7, 11) is 0. The molecule has 0 saturated carbocycles. The van der Waals surface area contributed by atoms with Gasteiger partial charge in [-0.3, -0.25) is 4.79 Å². The number of benzene rings is 1. The highest BCUT2D eigenvalue weighted by Gasteiger charge is 2.27. The monoisotopic (exact) mass is 349 g/mol. The fourth-order valence-corrected chi connectivity index (χ4v) is 2.91. The number of para-hydroxylation sites is 1. The van der Waals surface area contributed by atoms with Crippen LogP contribution in [0.5, 0.6) is 0 Å². The molecular formula is C19H15N3O4. The Morgan fingerprint density at radius 1 is 1.27 bits per heavy atom. The molecule has 1 amide bonds. The summed E-state index contributed by atoms with van der Waals surface area (Å²) in [6, 6.07) is 10.8. The minimum Gasteiger partial charge on any atom is -0.463 e. The average Bonchev–Trinajstić information content (AvgIpc) is 3.35. The average molecular weight is 349 g/mol. The molecule has 0 radical (unpaired) electrons. The predicted molar refractivity (Wildman–Crippen MR) is 95.6 cm³/mol. The van der Waals surface area contributed by atoms with Gasteiger partial charge in [-0.05, 0) is 31.2 Å². The molecule has 1 aliphatic heterocycles. The highest BCUT2D eigenvalue weighted by Crippen LogP contribution is 2.27. The van der Waals surface area contributed by atoms with Crippen LogP contribution in [0, 0.1) is 0 Å². The van der Waals surface area contributed by atoms with Gasteiger partial charge in [-0.15, -0.1) is 0 Å². The van der Waals surface area contributed by atoms with Gasteiger partial charge in [0.1, 0.15) is 5.71 Å². The van der Waals surface area contributed by atoms with Crippen LogP contribution in [0.25, 0.3) is 17.0 Å². The van der Waals surface area contributed by atoms with Gasteiger partial charge < -0.3 is 14.1 Å². The van der Waals surface area contributed by atoms with E-state index in [0.717, 1.165) is 10.9 Å². The minimum atomic E-state index is -0.452. The number of esters is 1. The normalized spacial score (nSPS) is 15.3. The molecule has 130 valence electrons. The third-order valence-corrected chi connectivity index (χ3v) is 4.03. The number of H-pyrrole nitrogens is 1. The van der Waals surface area contributed by atoms with E-state index >= 15 is 0 Å². The van der Waals surface area contributed by atoms with E-state index < -0.39 is 5.97 Å². The van der Waals surface area contributed by atoms with Crippen molar-refractivity contribution in [3.63, 3.8) is 0 Å². The number of furan rings is 1. The largest absolute Gasteiger partial charge is 0.463 e. The van der Waals surface area contributed by atoms with Gasteiger partial charge in [-0.25, -0.2) is 10.2 Å². The topological polar surface area (TPSA) is 96.7 Å². The number of rotatable bonds is 4. The number of hydrogen-bond donors (Lipinski definition) is 2. The molecule has 0 atom stereocenters. The van der Waals surface area contributed by atoms with Crippen LogP contribution in [0.3, 0.4) is 0 Å². The Balaban J connectivity index is 1.87. The lowest BCUT2D eigenvalue weighted by Gasteiger charge is -2.03. The lowest BCUT2D eigenvalue weighted by molar-refractivity contribution is -0.116. The number of aromatic amines is 1. The van der Waals surface area contributed by atoms with E-state index in [1.165, 1.54) is 6.26 Å². The Labute approximate surface area is 148 Å². The maximum absolute atomic E-state index is 12.5. The van der Waals surface area contributed by atoms with E-state index in [1.54, 1.807) is 25.1 Å². The molecule has 2 aromatic heterocycles. The molecular weight excluding hydrogens is 334 g/mol. The van der Waals surface area contributed by atoms with Crippen molar-refractivity contribution in [1.29, 1.82) is 0 Å². The van der Waals surface area contributed by atoms with Crippen molar-refractivity contribution in [3.05, 3.63) is 65.3 Å². The zero-order valence-corrected chi connectivity index (χ0v) is 13.9. The fraction of sp³-hybridized carbons (Fsp3) is 0.105. The van der Waals surface area contributed by atoms with Crippen molar-refractivity contribution in [1.82, 2.24) is 10.4 Å². The molecule has 1 aromatic carbocycles. The smallest absolute Gasteiger partial charge is 0.340 e. The van der Waals surface area contributed by atoms with Gasteiger partial charge in [0, 0.05) is 10.9 Å². The molecule has 7 heteroatoms. The van der Waals surface area contributed by atoms with Crippen LogP contribution >= 0.6 is 0 Å². The Hall–Kier alpha value is -3.61. The first-order valence-electron chi connectivity index (χ1n) is 8.11. The molecule has 1 aliphatic rings. The Morgan fingerprint density at radius 3 is 2.88 bits per heavy atom. The fourth-order valence-electron chi connectivity index (χ4n) is 2.91. The molecule has 3 heterocycles. The molecule has 4 rings (SSSR count). The summed E-state index contributed by atoms with van der Waals surface area (Å²) in [4.78, 5) is 27.9. The third-order valence-electron chi connectivity index (χ3n) is 4.03. The van der Waals surface area contributed by atoms with Gasteiger partial charge in [-0.2, -0.15) is 5.10 Å². The van der Waals surface area contributed by atoms with Crippen LogP contribution in [0.4, 0.5) is 0 Å². The maximum atomic E-state index is 12.5. The highest BCUT2D eigenvalue weighted by atomic mass is 16.5. The van der Waals surface area contributed by atoms with Crippen LogP contribution in [-0.2, 0) is 9.53 Å². The second-order valence-electron chi connectivity index (χ2n) is 5.62. The SMILES string of the molecule is CCOC(=O)c1c(/C=C2\C(=O)NN=C2c2ccco2)[nH]c2ccccc12. The van der Waals surface area contributed by atoms with Crippen molar-refractivity contribution < 1.29 is 18.7 Å². The number of hydrogen-bond acceptors (Lipinski definition) is 5. The minimum absolute atomic E-state index is 0.258. The number of hydrazone groups is 1. The second kappa shape index (κ2) is 6.36. The van der Waals surface area contributed by atoms with Gasteiger partial charge >= 0.3 is 5.97 Å². The second-order valence-corrected chi connectivity index (χ2v) is 5.62. The van der Waals surface area contributed by atoms with Crippen molar-refractivity contribution >= 4 is 34.6 Å². The van der Waals surface area contributed by atoms with Crippen molar-refractivity contribution in [2.75, 3.05) is 6.61 Å². The number of aromatic nitrogens is 1. The van der Waals surface area contributed by atoms with Crippen molar-refractivity contribution in [2.45, 2.75) is 6.92 Å². The number of nitrogens with zero attached hydrogens (tertiary/aromatic N) is 1. The Morgan fingerprint density at radius 2 is 2.12 bits per heavy atom. The lowest BCUT2D eigenvalue weighted by atomic mass is 10.0. The van der Waals surface area contributed by atoms with Gasteiger partial charge in [0.2, 0.25) is 0 Å². The molecule has 0 unspecified atom stereocenters. The van der Waals surface area contributed by atoms with Crippen LogP contribution < -0.4 is 5.43 Å². The first-order chi connectivity index (χ1) is 12.7. The number of carbonyl (C=O) groups is 2. The lowest BCUT2D eigenvalue weighted by Crippen LogP contribution is -2.14. The molecule has 0 fully saturated rings. The molecule has 0 bridgehead atoms. The van der Waals surface area contributed by atoms with E-state index in [4.69, 9.17) is 9.15 Å². The third kappa shape index (κ3) is 2.59. The zero-order chi connectivity index (χ0) is 18.1. The van der Waals surface area contributed by atoms with E-state index in [2.05, 4.69) is 15.5 Å². The summed E-state index contributed by atoms with van der Waals surface area (Å²) in [5, 5.41) is 4.76. The first kappa shape index (κ1) is 15.9. The van der Waals surface area contributed by atoms with Gasteiger partial charge in [0.25, 0.3) is 5.91 Å². The molecule has 3 aromatic rings. The highest BCUT2D eigenvalue weighted by molar-refractivity contribution is 6.32. The molecule has 2 N–H and O–H groups in total. The number of carbonyl (C=O) groups excluding carboxylic acids is 2. The summed E-state index contributed by atoms with van der Waals surface area (Å²) in [5.41, 5.74) is 4.75. The van der Waals surface area contributed by atoms with E-state index in [9.17, 15) is 9.59 Å². The standard InChI is InChI=1S/C19H15N3O4/c1-2-25-19(24)16-11-6-3-4-7-13(11)20-14(16)10-12-17(21-22-18(12)23)15-8-5-9-26-15/h3-10,20H,2H2,1H3,(H,22,23)/b12-10-. The summed E-state index contributed by atoms with van der Waals surface area (Å²) < 4.78 is 10.5. The molecule has 0 aliphatic carbocycles. The van der Waals surface area contributed by atoms with E-state index in [1.807, 2.05) is 24.3 Å².